The largest absolute Gasteiger partial charge is 0.453 e. The molecule has 64 heavy (non-hydrogen) atoms. The standard InChI is InChI=1S/C48H62N8O8/c1-29(2)39(53-45(59)61-5)43(57)55-27-47(15-19-63-20-16-47)23-37(55)41-49-25-35(51-41)33-11-7-31(8-12-33)32-9-13-34(14-10-32)36-26-50-42(52-36)38-24-48(17-21-64-22-18-48)28-56(38)44(58)40(30(3)4)54-46(60)62-6/h7-14,25-26,29-30,37-40H,15-24,27-28H2,1-6H3,(H,49,51)(H,50,52)(H,53,59)(H,54,60)/t37-,38-,39-,40-/m0/s1. The predicted octanol–water partition coefficient (Wildman–Crippen LogP) is 7.04. The second-order valence-electron chi connectivity index (χ2n) is 18.8. The highest BCUT2D eigenvalue weighted by molar-refractivity contribution is 5.87. The number of imidazole rings is 2. The molecule has 16 heteroatoms. The summed E-state index contributed by atoms with van der Waals surface area (Å²) in [4.78, 5) is 73.4. The summed E-state index contributed by atoms with van der Waals surface area (Å²) < 4.78 is 21.1. The third kappa shape index (κ3) is 9.25. The Morgan fingerprint density at radius 1 is 0.609 bits per heavy atom. The van der Waals surface area contributed by atoms with E-state index in [2.05, 4.69) is 69.1 Å². The van der Waals surface area contributed by atoms with Crippen LogP contribution < -0.4 is 10.6 Å². The fraction of sp³-hybridized carbons (Fsp3) is 0.542. The molecule has 4 aliphatic heterocycles. The van der Waals surface area contributed by atoms with Gasteiger partial charge in [-0.05, 0) is 83.4 Å². The summed E-state index contributed by atoms with van der Waals surface area (Å²) in [7, 11) is 2.60. The quantitative estimate of drug-likeness (QED) is 0.122. The summed E-state index contributed by atoms with van der Waals surface area (Å²) in [5, 5.41) is 5.53. The molecule has 4 atom stereocenters. The highest BCUT2D eigenvalue weighted by atomic mass is 16.5. The van der Waals surface area contributed by atoms with Crippen LogP contribution in [0.15, 0.2) is 60.9 Å². The Labute approximate surface area is 374 Å². The third-order valence-electron chi connectivity index (χ3n) is 14.0. The van der Waals surface area contributed by atoms with Crippen LogP contribution in [0.3, 0.4) is 0 Å². The van der Waals surface area contributed by atoms with Crippen LogP contribution in [0, 0.1) is 22.7 Å². The number of nitrogens with one attached hydrogen (secondary N) is 4. The van der Waals surface area contributed by atoms with Crippen molar-refractivity contribution in [2.45, 2.75) is 90.4 Å². The predicted molar refractivity (Wildman–Crippen MR) is 238 cm³/mol. The first-order valence-electron chi connectivity index (χ1n) is 22.6. The third-order valence-corrected chi connectivity index (χ3v) is 14.0. The lowest BCUT2D eigenvalue weighted by Crippen LogP contribution is -2.51. The molecule has 16 nitrogen and oxygen atoms in total. The summed E-state index contributed by atoms with van der Waals surface area (Å²) in [5.74, 6) is 0.880. The lowest BCUT2D eigenvalue weighted by atomic mass is 9.78. The monoisotopic (exact) mass is 878 g/mol. The van der Waals surface area contributed by atoms with Gasteiger partial charge in [0, 0.05) is 39.5 Å². The van der Waals surface area contributed by atoms with Gasteiger partial charge >= 0.3 is 12.2 Å². The lowest BCUT2D eigenvalue weighted by molar-refractivity contribution is -0.136. The molecular formula is C48H62N8O8. The van der Waals surface area contributed by atoms with Gasteiger partial charge in [-0.3, -0.25) is 9.59 Å². The number of hydrogen-bond donors (Lipinski definition) is 4. The number of amides is 4. The van der Waals surface area contributed by atoms with E-state index in [1.807, 2.05) is 49.9 Å². The van der Waals surface area contributed by atoms with Crippen molar-refractivity contribution in [2.75, 3.05) is 53.7 Å². The van der Waals surface area contributed by atoms with Crippen molar-refractivity contribution < 1.29 is 38.1 Å². The SMILES string of the molecule is COC(=O)N[C@H](C(=O)N1CC2(CCOCC2)C[C@H]1c1ncc(-c2ccc(-c3ccc(-c4cnc([C@@H]5CC6(CCOCC6)CN5C(=O)[C@@H](NC(=O)OC)C(C)C)[nH]4)cc3)cc2)[nH]1)C(C)C. The Balaban J connectivity index is 0.971. The van der Waals surface area contributed by atoms with Gasteiger partial charge in [-0.2, -0.15) is 0 Å². The van der Waals surface area contributed by atoms with Crippen LogP contribution in [-0.2, 0) is 28.5 Å². The normalized spacial score (nSPS) is 21.3. The number of H-pyrrole nitrogens is 2. The summed E-state index contributed by atoms with van der Waals surface area (Å²) in [6, 6.07) is 14.6. The van der Waals surface area contributed by atoms with Crippen LogP contribution in [0.25, 0.3) is 33.6 Å². The molecule has 4 N–H and O–H groups in total. The van der Waals surface area contributed by atoms with Gasteiger partial charge < -0.3 is 49.3 Å². The molecule has 4 aromatic rings. The summed E-state index contributed by atoms with van der Waals surface area (Å²) in [6.07, 6.45) is 7.36. The van der Waals surface area contributed by atoms with Crippen molar-refractivity contribution in [3.05, 3.63) is 72.6 Å². The minimum Gasteiger partial charge on any atom is -0.453 e. The minimum absolute atomic E-state index is 0.0795. The van der Waals surface area contributed by atoms with E-state index >= 15 is 0 Å². The molecule has 0 unspecified atom stereocenters. The zero-order valence-electron chi connectivity index (χ0n) is 37.8. The van der Waals surface area contributed by atoms with Gasteiger partial charge in [-0.25, -0.2) is 19.6 Å². The molecule has 4 aliphatic rings. The number of aromatic nitrogens is 4. The zero-order valence-corrected chi connectivity index (χ0v) is 37.8. The van der Waals surface area contributed by atoms with Gasteiger partial charge in [0.25, 0.3) is 0 Å². The van der Waals surface area contributed by atoms with E-state index in [0.29, 0.717) is 39.5 Å². The van der Waals surface area contributed by atoms with Gasteiger partial charge in [0.15, 0.2) is 0 Å². The van der Waals surface area contributed by atoms with Crippen molar-refractivity contribution in [3.8, 4) is 33.6 Å². The first-order valence-corrected chi connectivity index (χ1v) is 22.6. The Kier molecular flexibility index (Phi) is 13.2. The van der Waals surface area contributed by atoms with Crippen LogP contribution in [0.2, 0.25) is 0 Å². The van der Waals surface area contributed by atoms with Gasteiger partial charge in [-0.15, -0.1) is 0 Å². The molecule has 8 rings (SSSR count). The molecule has 4 saturated heterocycles. The highest BCUT2D eigenvalue weighted by Gasteiger charge is 2.51. The van der Waals surface area contributed by atoms with Crippen LogP contribution in [0.4, 0.5) is 9.59 Å². The number of hydrogen-bond acceptors (Lipinski definition) is 10. The number of ether oxygens (including phenoxy) is 4. The Morgan fingerprint density at radius 2 is 0.953 bits per heavy atom. The Hall–Kier alpha value is -5.74. The maximum atomic E-state index is 14.2. The number of likely N-dealkylation sites (tertiary alicyclic amines) is 2. The van der Waals surface area contributed by atoms with E-state index in [-0.39, 0.29) is 46.6 Å². The van der Waals surface area contributed by atoms with Crippen molar-refractivity contribution in [3.63, 3.8) is 0 Å². The van der Waals surface area contributed by atoms with Gasteiger partial charge in [0.05, 0.1) is 50.1 Å². The number of rotatable bonds is 11. The fourth-order valence-corrected chi connectivity index (χ4v) is 10.1. The molecule has 342 valence electrons. The molecule has 2 spiro atoms. The minimum atomic E-state index is -0.731. The van der Waals surface area contributed by atoms with Crippen molar-refractivity contribution >= 4 is 24.0 Å². The molecule has 0 saturated carbocycles. The number of nitrogens with zero attached hydrogens (tertiary/aromatic N) is 4. The number of benzene rings is 2. The number of aromatic amines is 2. The second-order valence-corrected chi connectivity index (χ2v) is 18.8. The van der Waals surface area contributed by atoms with E-state index in [0.717, 1.165) is 83.8 Å². The van der Waals surface area contributed by atoms with E-state index in [1.54, 1.807) is 0 Å². The average Bonchev–Trinajstić information content (AvgIpc) is 4.13. The first kappa shape index (κ1) is 44.9. The Morgan fingerprint density at radius 3 is 1.28 bits per heavy atom. The zero-order chi connectivity index (χ0) is 45.2. The summed E-state index contributed by atoms with van der Waals surface area (Å²) in [5.41, 5.74) is 5.58. The molecule has 6 heterocycles. The number of carbonyl (C=O) groups is 4. The van der Waals surface area contributed by atoms with Gasteiger partial charge in [-0.1, -0.05) is 76.2 Å². The van der Waals surface area contributed by atoms with E-state index < -0.39 is 24.3 Å². The van der Waals surface area contributed by atoms with E-state index in [1.165, 1.54) is 14.2 Å². The number of carbonyl (C=O) groups excluding carboxylic acids is 4. The van der Waals surface area contributed by atoms with Gasteiger partial charge in [0.1, 0.15) is 23.7 Å². The molecule has 0 aliphatic carbocycles. The molecule has 2 aromatic heterocycles. The molecule has 4 fully saturated rings. The number of alkyl carbamates (subject to hydrolysis) is 2. The van der Waals surface area contributed by atoms with Gasteiger partial charge in [0.2, 0.25) is 11.8 Å². The lowest BCUT2D eigenvalue weighted by Gasteiger charge is -2.34. The van der Waals surface area contributed by atoms with Crippen LogP contribution in [0.5, 0.6) is 0 Å². The highest BCUT2D eigenvalue weighted by Crippen LogP contribution is 2.50. The van der Waals surface area contributed by atoms with E-state index in [4.69, 9.17) is 28.9 Å². The molecular weight excluding hydrogens is 817 g/mol. The summed E-state index contributed by atoms with van der Waals surface area (Å²) >= 11 is 0. The average molecular weight is 879 g/mol. The van der Waals surface area contributed by atoms with Crippen LogP contribution >= 0.6 is 0 Å². The summed E-state index contributed by atoms with van der Waals surface area (Å²) in [6.45, 7) is 11.4. The fourth-order valence-electron chi connectivity index (χ4n) is 10.1. The first-order chi connectivity index (χ1) is 30.8. The van der Waals surface area contributed by atoms with Crippen molar-refractivity contribution in [2.24, 2.45) is 22.7 Å². The molecule has 2 aromatic carbocycles. The number of methoxy groups -OCH3 is 2. The van der Waals surface area contributed by atoms with Crippen molar-refractivity contribution in [1.82, 2.24) is 40.4 Å². The molecule has 0 radical (unpaired) electrons. The van der Waals surface area contributed by atoms with Crippen LogP contribution in [0.1, 0.15) is 90.0 Å². The maximum absolute atomic E-state index is 14.2. The smallest absolute Gasteiger partial charge is 0.407 e. The molecule has 0 bridgehead atoms. The maximum Gasteiger partial charge on any atom is 0.407 e. The molecule has 4 amide bonds. The topological polar surface area (TPSA) is 193 Å². The van der Waals surface area contributed by atoms with Crippen LogP contribution in [-0.4, -0.2) is 120 Å². The second kappa shape index (κ2) is 18.8. The van der Waals surface area contributed by atoms with E-state index in [9.17, 15) is 19.2 Å². The van der Waals surface area contributed by atoms with Crippen molar-refractivity contribution in [1.29, 1.82) is 0 Å². The Bertz CT molecular complexity index is 2120.